The first-order valence-electron chi connectivity index (χ1n) is 10.6. The number of aryl methyl sites for hydroxylation is 4. The summed E-state index contributed by atoms with van der Waals surface area (Å²) < 4.78 is 13.8. The van der Waals surface area contributed by atoms with Gasteiger partial charge in [0.1, 0.15) is 18.1 Å². The highest BCUT2D eigenvalue weighted by Gasteiger charge is 2.17. The fraction of sp³-hybridized carbons (Fsp3) is 0.192. The van der Waals surface area contributed by atoms with Gasteiger partial charge in [-0.15, -0.1) is 0 Å². The van der Waals surface area contributed by atoms with E-state index in [4.69, 9.17) is 14.1 Å². The van der Waals surface area contributed by atoms with Crippen LogP contribution in [0.5, 0.6) is 5.88 Å². The van der Waals surface area contributed by atoms with Crippen molar-refractivity contribution in [3.05, 3.63) is 83.4 Å². The number of ether oxygens (including phenoxy) is 1. The van der Waals surface area contributed by atoms with Crippen molar-refractivity contribution in [2.75, 3.05) is 0 Å². The first-order chi connectivity index (χ1) is 15.5. The molecule has 0 aliphatic heterocycles. The Balaban J connectivity index is 1.48. The maximum atomic E-state index is 6.10. The molecule has 3 aromatic heterocycles. The topological polar surface area (TPSA) is 66.0 Å². The Bertz CT molecular complexity index is 1400. The number of nitrogens with zero attached hydrogens (tertiary/aromatic N) is 4. The van der Waals surface area contributed by atoms with Crippen LogP contribution >= 0.6 is 0 Å². The van der Waals surface area contributed by atoms with Crippen LogP contribution in [0.2, 0.25) is 0 Å². The van der Waals surface area contributed by atoms with Crippen LogP contribution in [-0.4, -0.2) is 19.7 Å². The van der Waals surface area contributed by atoms with E-state index in [1.54, 1.807) is 4.68 Å². The predicted molar refractivity (Wildman–Crippen MR) is 124 cm³/mol. The molecule has 6 nitrogen and oxygen atoms in total. The standard InChI is InChI=1S/C26H24N4O2/c1-16-10-12-20(13-11-16)26-27-22(18(3)32-26)15-31-23-14-21(19-8-6-5-7-9-19)24-17(2)29-30(4)25(24)28-23/h5-14H,15H2,1-4H3. The molecule has 5 rings (SSSR count). The third kappa shape index (κ3) is 3.64. The van der Waals surface area contributed by atoms with Crippen molar-refractivity contribution in [1.29, 1.82) is 0 Å². The van der Waals surface area contributed by atoms with E-state index in [-0.39, 0.29) is 6.61 Å². The molecule has 0 fully saturated rings. The van der Waals surface area contributed by atoms with E-state index in [1.165, 1.54) is 5.56 Å². The fourth-order valence-electron chi connectivity index (χ4n) is 3.87. The summed E-state index contributed by atoms with van der Waals surface area (Å²) in [6, 6.07) is 20.3. The highest BCUT2D eigenvalue weighted by atomic mass is 16.5. The summed E-state index contributed by atoms with van der Waals surface area (Å²) in [5.41, 5.74) is 6.77. The Morgan fingerprint density at radius 3 is 2.41 bits per heavy atom. The van der Waals surface area contributed by atoms with Gasteiger partial charge >= 0.3 is 0 Å². The number of benzene rings is 2. The van der Waals surface area contributed by atoms with Gasteiger partial charge in [-0.3, -0.25) is 4.68 Å². The summed E-state index contributed by atoms with van der Waals surface area (Å²) in [7, 11) is 1.90. The molecular weight excluding hydrogens is 400 g/mol. The summed E-state index contributed by atoms with van der Waals surface area (Å²) in [6.45, 7) is 6.23. The number of rotatable bonds is 5. The van der Waals surface area contributed by atoms with Gasteiger partial charge in [0.05, 0.1) is 11.1 Å². The van der Waals surface area contributed by atoms with Gasteiger partial charge < -0.3 is 9.15 Å². The quantitative estimate of drug-likeness (QED) is 0.357. The number of hydrogen-bond acceptors (Lipinski definition) is 5. The maximum Gasteiger partial charge on any atom is 0.226 e. The van der Waals surface area contributed by atoms with Crippen molar-refractivity contribution in [3.63, 3.8) is 0 Å². The number of aromatic nitrogens is 4. The van der Waals surface area contributed by atoms with Crippen molar-refractivity contribution in [2.45, 2.75) is 27.4 Å². The Kier molecular flexibility index (Phi) is 4.98. The number of oxazole rings is 1. The van der Waals surface area contributed by atoms with Gasteiger partial charge in [-0.1, -0.05) is 48.0 Å². The Labute approximate surface area is 186 Å². The van der Waals surface area contributed by atoms with Crippen molar-refractivity contribution < 1.29 is 9.15 Å². The van der Waals surface area contributed by atoms with E-state index >= 15 is 0 Å². The third-order valence-corrected chi connectivity index (χ3v) is 5.58. The number of hydrogen-bond donors (Lipinski definition) is 0. The lowest BCUT2D eigenvalue weighted by Crippen LogP contribution is -2.01. The zero-order chi connectivity index (χ0) is 22.2. The molecule has 160 valence electrons. The maximum absolute atomic E-state index is 6.10. The molecule has 32 heavy (non-hydrogen) atoms. The highest BCUT2D eigenvalue weighted by Crippen LogP contribution is 2.33. The second-order valence-corrected chi connectivity index (χ2v) is 7.96. The van der Waals surface area contributed by atoms with E-state index in [9.17, 15) is 0 Å². The average molecular weight is 425 g/mol. The van der Waals surface area contributed by atoms with Crippen LogP contribution in [0.1, 0.15) is 22.7 Å². The van der Waals surface area contributed by atoms with E-state index in [2.05, 4.69) is 29.1 Å². The smallest absolute Gasteiger partial charge is 0.226 e. The van der Waals surface area contributed by atoms with Gasteiger partial charge in [-0.2, -0.15) is 10.1 Å². The van der Waals surface area contributed by atoms with E-state index in [0.29, 0.717) is 11.8 Å². The summed E-state index contributed by atoms with van der Waals surface area (Å²) in [4.78, 5) is 9.37. The monoisotopic (exact) mass is 424 g/mol. The van der Waals surface area contributed by atoms with E-state index < -0.39 is 0 Å². The van der Waals surface area contributed by atoms with Crippen molar-refractivity contribution >= 4 is 11.0 Å². The SMILES string of the molecule is Cc1ccc(-c2nc(COc3cc(-c4ccccc4)c4c(C)nn(C)c4n3)c(C)o2)cc1. The van der Waals surface area contributed by atoms with Crippen molar-refractivity contribution in [3.8, 4) is 28.5 Å². The molecule has 2 aromatic carbocycles. The molecule has 3 heterocycles. The summed E-state index contributed by atoms with van der Waals surface area (Å²) >= 11 is 0. The molecule has 0 aliphatic carbocycles. The molecule has 5 aromatic rings. The van der Waals surface area contributed by atoms with Gasteiger partial charge in [0.2, 0.25) is 11.8 Å². The van der Waals surface area contributed by atoms with Crippen LogP contribution in [0.15, 0.2) is 65.1 Å². The zero-order valence-corrected chi connectivity index (χ0v) is 18.6. The summed E-state index contributed by atoms with van der Waals surface area (Å²) in [5.74, 6) is 1.86. The summed E-state index contributed by atoms with van der Waals surface area (Å²) in [6.07, 6.45) is 0. The Morgan fingerprint density at radius 1 is 0.906 bits per heavy atom. The molecule has 0 saturated carbocycles. The second-order valence-electron chi connectivity index (χ2n) is 7.96. The van der Waals surface area contributed by atoms with Crippen LogP contribution in [0.25, 0.3) is 33.6 Å². The minimum atomic E-state index is 0.269. The molecule has 0 radical (unpaired) electrons. The lowest BCUT2D eigenvalue weighted by Gasteiger charge is -2.09. The first kappa shape index (κ1) is 20.0. The van der Waals surface area contributed by atoms with Gasteiger partial charge in [-0.25, -0.2) is 4.98 Å². The molecule has 0 amide bonds. The first-order valence-corrected chi connectivity index (χ1v) is 10.6. The Hall–Kier alpha value is -3.93. The van der Waals surface area contributed by atoms with Crippen molar-refractivity contribution in [2.24, 2.45) is 7.05 Å². The fourth-order valence-corrected chi connectivity index (χ4v) is 3.87. The average Bonchev–Trinajstić information content (AvgIpc) is 3.31. The molecule has 0 aliphatic rings. The van der Waals surface area contributed by atoms with Crippen LogP contribution < -0.4 is 4.74 Å². The molecular formula is C26H24N4O2. The lowest BCUT2D eigenvalue weighted by atomic mass is 10.0. The van der Waals surface area contributed by atoms with Gasteiger partial charge in [0.25, 0.3) is 0 Å². The van der Waals surface area contributed by atoms with Gasteiger partial charge in [0, 0.05) is 18.7 Å². The zero-order valence-electron chi connectivity index (χ0n) is 18.6. The van der Waals surface area contributed by atoms with Crippen LogP contribution in [0.4, 0.5) is 0 Å². The normalized spacial score (nSPS) is 11.2. The van der Waals surface area contributed by atoms with E-state index in [0.717, 1.165) is 44.9 Å². The highest BCUT2D eigenvalue weighted by molar-refractivity contribution is 5.95. The van der Waals surface area contributed by atoms with Crippen LogP contribution in [-0.2, 0) is 13.7 Å². The molecule has 0 saturated heterocycles. The molecule has 6 heteroatoms. The van der Waals surface area contributed by atoms with Crippen molar-refractivity contribution in [1.82, 2.24) is 19.7 Å². The van der Waals surface area contributed by atoms with E-state index in [1.807, 2.05) is 69.4 Å². The summed E-state index contributed by atoms with van der Waals surface area (Å²) in [5, 5.41) is 5.60. The lowest BCUT2D eigenvalue weighted by molar-refractivity contribution is 0.288. The van der Waals surface area contributed by atoms with Crippen LogP contribution in [0.3, 0.4) is 0 Å². The third-order valence-electron chi connectivity index (χ3n) is 5.58. The molecule has 0 spiro atoms. The Morgan fingerprint density at radius 2 is 1.66 bits per heavy atom. The predicted octanol–water partition coefficient (Wildman–Crippen LogP) is 5.79. The van der Waals surface area contributed by atoms with Gasteiger partial charge in [0.15, 0.2) is 5.65 Å². The van der Waals surface area contributed by atoms with Crippen LogP contribution in [0, 0.1) is 20.8 Å². The van der Waals surface area contributed by atoms with Gasteiger partial charge in [-0.05, 0) is 44.0 Å². The molecule has 0 N–H and O–H groups in total. The minimum absolute atomic E-state index is 0.269. The minimum Gasteiger partial charge on any atom is -0.471 e. The second kappa shape index (κ2) is 7.96. The number of fused-ring (bicyclic) bond motifs is 1. The molecule has 0 atom stereocenters. The largest absolute Gasteiger partial charge is 0.471 e. The number of pyridine rings is 1. The molecule has 0 bridgehead atoms. The molecule has 0 unspecified atom stereocenters.